The minimum absolute atomic E-state index is 0.0405. The molecule has 0 aromatic heterocycles. The summed E-state index contributed by atoms with van der Waals surface area (Å²) in [5.74, 6) is -0.245. The maximum absolute atomic E-state index is 13.5. The third kappa shape index (κ3) is 7.25. The molecule has 2 saturated heterocycles. The van der Waals surface area contributed by atoms with E-state index in [2.05, 4.69) is 22.0 Å². The summed E-state index contributed by atoms with van der Waals surface area (Å²) in [5, 5.41) is 11.0. The summed E-state index contributed by atoms with van der Waals surface area (Å²) in [7, 11) is -1.78. The molecule has 11 nitrogen and oxygen atoms in total. The number of amides is 3. The van der Waals surface area contributed by atoms with E-state index in [-0.39, 0.29) is 29.3 Å². The van der Waals surface area contributed by atoms with Crippen molar-refractivity contribution in [3.05, 3.63) is 71.8 Å². The Hall–Kier alpha value is -4.00. The van der Waals surface area contributed by atoms with Crippen molar-refractivity contribution in [1.82, 2.24) is 19.4 Å². The molecule has 42 heavy (non-hydrogen) atoms. The Labute approximate surface area is 246 Å². The number of sulfonamides is 1. The number of fused-ring (bicyclic) bond motifs is 1. The van der Waals surface area contributed by atoms with E-state index < -0.39 is 10.0 Å². The van der Waals surface area contributed by atoms with Crippen LogP contribution in [-0.4, -0.2) is 99.0 Å². The summed E-state index contributed by atoms with van der Waals surface area (Å²) in [5.41, 5.74) is 1.98. The lowest BCUT2D eigenvalue weighted by atomic mass is 10.1. The number of hydrogen-bond donors (Lipinski definition) is 3. The van der Waals surface area contributed by atoms with Crippen LogP contribution in [0.5, 0.6) is 0 Å². The SMILES string of the molecule is Cc1ccccc1C(=O)Nc1ccc(S(=O)(=O)NC2CCN(C(=O)N3CCN(C)CC3)CC2)c2ccccc12.O=CO. The molecule has 2 aliphatic heterocycles. The largest absolute Gasteiger partial charge is 0.483 e. The van der Waals surface area contributed by atoms with Crippen molar-refractivity contribution in [2.75, 3.05) is 51.6 Å². The summed E-state index contributed by atoms with van der Waals surface area (Å²) in [6.07, 6.45) is 1.11. The zero-order chi connectivity index (χ0) is 30.3. The van der Waals surface area contributed by atoms with Crippen LogP contribution in [0.25, 0.3) is 10.8 Å². The third-order valence-electron chi connectivity index (χ3n) is 7.67. The molecule has 224 valence electrons. The second-order valence-corrected chi connectivity index (χ2v) is 12.2. The number of benzene rings is 3. The first-order chi connectivity index (χ1) is 20.1. The van der Waals surface area contributed by atoms with Gasteiger partial charge in [-0.25, -0.2) is 17.9 Å². The summed E-state index contributed by atoms with van der Waals surface area (Å²) in [6, 6.07) is 17.5. The van der Waals surface area contributed by atoms with Gasteiger partial charge >= 0.3 is 6.03 Å². The monoisotopic (exact) mass is 595 g/mol. The Morgan fingerprint density at radius 3 is 2.07 bits per heavy atom. The van der Waals surface area contributed by atoms with Gasteiger partial charge in [0.25, 0.3) is 12.4 Å². The minimum atomic E-state index is -3.84. The Balaban J connectivity index is 0.00000129. The number of piperazine rings is 1. The molecule has 0 atom stereocenters. The predicted octanol–water partition coefficient (Wildman–Crippen LogP) is 3.21. The number of urea groups is 1. The molecule has 2 aliphatic rings. The number of hydrogen-bond acceptors (Lipinski definition) is 6. The van der Waals surface area contributed by atoms with Crippen LogP contribution in [0.3, 0.4) is 0 Å². The van der Waals surface area contributed by atoms with Crippen LogP contribution in [0.1, 0.15) is 28.8 Å². The van der Waals surface area contributed by atoms with Gasteiger partial charge < -0.3 is 25.1 Å². The van der Waals surface area contributed by atoms with Crippen LogP contribution in [0.15, 0.2) is 65.6 Å². The summed E-state index contributed by atoms with van der Waals surface area (Å²) in [4.78, 5) is 40.3. The van der Waals surface area contributed by atoms with Gasteiger partial charge in [0.05, 0.1) is 4.90 Å². The highest BCUT2D eigenvalue weighted by Gasteiger charge is 2.30. The van der Waals surface area contributed by atoms with Gasteiger partial charge in [0.15, 0.2) is 0 Å². The Kier molecular flexibility index (Phi) is 10.2. The van der Waals surface area contributed by atoms with Crippen LogP contribution in [0.4, 0.5) is 10.5 Å². The Morgan fingerprint density at radius 2 is 1.43 bits per heavy atom. The van der Waals surface area contributed by atoms with Crippen molar-refractivity contribution in [3.63, 3.8) is 0 Å². The standard InChI is InChI=1S/C29H35N5O4S.CH2O2/c1-21-7-3-4-8-23(21)28(35)30-26-11-12-27(25-10-6-5-9-24(25)26)39(37,38)31-22-13-15-33(16-14-22)29(36)34-19-17-32(2)18-20-34;2-1-3/h3-12,22,31H,13-20H2,1-2H3,(H,30,35);1H,(H,2,3). The number of piperidine rings is 1. The van der Waals surface area contributed by atoms with Gasteiger partial charge in [-0.1, -0.05) is 42.5 Å². The second kappa shape index (κ2) is 13.8. The lowest BCUT2D eigenvalue weighted by molar-refractivity contribution is -0.122. The molecule has 2 fully saturated rings. The van der Waals surface area contributed by atoms with E-state index in [0.717, 1.165) is 31.7 Å². The molecule has 0 spiro atoms. The summed E-state index contributed by atoms with van der Waals surface area (Å²) >= 11 is 0. The first-order valence-corrected chi connectivity index (χ1v) is 15.3. The van der Waals surface area contributed by atoms with Gasteiger partial charge in [-0.05, 0) is 50.6 Å². The van der Waals surface area contributed by atoms with Gasteiger partial charge in [0.2, 0.25) is 10.0 Å². The van der Waals surface area contributed by atoms with Crippen LogP contribution in [-0.2, 0) is 14.8 Å². The number of likely N-dealkylation sites (N-methyl/N-ethyl adjacent to an activating group) is 1. The minimum Gasteiger partial charge on any atom is -0.483 e. The van der Waals surface area contributed by atoms with Crippen LogP contribution >= 0.6 is 0 Å². The van der Waals surface area contributed by atoms with Crippen LogP contribution in [0, 0.1) is 6.92 Å². The van der Waals surface area contributed by atoms with Crippen molar-refractivity contribution in [2.45, 2.75) is 30.7 Å². The molecule has 5 rings (SSSR count). The number of carbonyl (C=O) groups is 3. The molecule has 2 heterocycles. The maximum atomic E-state index is 13.5. The molecule has 3 aromatic rings. The van der Waals surface area contributed by atoms with Crippen molar-refractivity contribution < 1.29 is 27.9 Å². The molecule has 3 aromatic carbocycles. The molecule has 0 unspecified atom stereocenters. The molecular formula is C30H37N5O6S. The fourth-order valence-corrected chi connectivity index (χ4v) is 6.82. The van der Waals surface area contributed by atoms with Gasteiger partial charge in [-0.15, -0.1) is 0 Å². The molecular weight excluding hydrogens is 558 g/mol. The molecule has 0 bridgehead atoms. The average Bonchev–Trinajstić information content (AvgIpc) is 2.98. The van der Waals surface area contributed by atoms with E-state index in [0.29, 0.717) is 48.0 Å². The Morgan fingerprint density at radius 1 is 0.857 bits per heavy atom. The number of likely N-dealkylation sites (tertiary alicyclic amines) is 1. The molecule has 0 aliphatic carbocycles. The normalized spacial score (nSPS) is 16.4. The fourth-order valence-electron chi connectivity index (χ4n) is 5.30. The van der Waals surface area contributed by atoms with E-state index >= 15 is 0 Å². The van der Waals surface area contributed by atoms with E-state index in [1.165, 1.54) is 0 Å². The lowest BCUT2D eigenvalue weighted by Crippen LogP contribution is -2.54. The van der Waals surface area contributed by atoms with Crippen LogP contribution < -0.4 is 10.0 Å². The number of anilines is 1. The van der Waals surface area contributed by atoms with Gasteiger partial charge in [0.1, 0.15) is 0 Å². The zero-order valence-corrected chi connectivity index (χ0v) is 24.6. The van der Waals surface area contributed by atoms with Gasteiger partial charge in [-0.3, -0.25) is 9.59 Å². The van der Waals surface area contributed by atoms with Crippen molar-refractivity contribution in [1.29, 1.82) is 0 Å². The highest BCUT2D eigenvalue weighted by atomic mass is 32.2. The first-order valence-electron chi connectivity index (χ1n) is 13.9. The van der Waals surface area contributed by atoms with Crippen molar-refractivity contribution in [3.8, 4) is 0 Å². The first kappa shape index (κ1) is 30.9. The zero-order valence-electron chi connectivity index (χ0n) is 23.8. The van der Waals surface area contributed by atoms with E-state index in [9.17, 15) is 18.0 Å². The summed E-state index contributed by atoms with van der Waals surface area (Å²) < 4.78 is 29.9. The topological polar surface area (TPSA) is 139 Å². The quantitative estimate of drug-likeness (QED) is 0.385. The fraction of sp³-hybridized carbons (Fsp3) is 0.367. The number of nitrogens with one attached hydrogen (secondary N) is 2. The number of carboxylic acid groups (broad SMARTS) is 1. The van der Waals surface area contributed by atoms with Crippen LogP contribution in [0.2, 0.25) is 0 Å². The molecule has 12 heteroatoms. The Bertz CT molecular complexity index is 1530. The number of carbonyl (C=O) groups excluding carboxylic acids is 2. The predicted molar refractivity (Wildman–Crippen MR) is 161 cm³/mol. The summed E-state index contributed by atoms with van der Waals surface area (Å²) in [6.45, 7) is 5.83. The average molecular weight is 596 g/mol. The van der Waals surface area contributed by atoms with Gasteiger partial charge in [0, 0.05) is 67.3 Å². The van der Waals surface area contributed by atoms with E-state index in [1.807, 2.05) is 47.1 Å². The second-order valence-electron chi connectivity index (χ2n) is 10.5. The third-order valence-corrected chi connectivity index (χ3v) is 9.25. The maximum Gasteiger partial charge on any atom is 0.320 e. The van der Waals surface area contributed by atoms with Crippen molar-refractivity contribution in [2.24, 2.45) is 0 Å². The van der Waals surface area contributed by atoms with E-state index in [4.69, 9.17) is 9.90 Å². The van der Waals surface area contributed by atoms with Gasteiger partial charge in [-0.2, -0.15) is 0 Å². The highest BCUT2D eigenvalue weighted by molar-refractivity contribution is 7.89. The lowest BCUT2D eigenvalue weighted by Gasteiger charge is -2.39. The van der Waals surface area contributed by atoms with Crippen molar-refractivity contribution >= 4 is 44.9 Å². The molecule has 0 saturated carbocycles. The molecule has 0 radical (unpaired) electrons. The number of aryl methyl sites for hydroxylation is 1. The molecule has 3 N–H and O–H groups in total. The van der Waals surface area contributed by atoms with E-state index in [1.54, 1.807) is 30.3 Å². The molecule has 3 amide bonds. The number of rotatable bonds is 5. The smallest absolute Gasteiger partial charge is 0.320 e. The number of nitrogens with zero attached hydrogens (tertiary/aromatic N) is 3. The highest BCUT2D eigenvalue weighted by Crippen LogP contribution is 2.30.